The Morgan fingerprint density at radius 3 is 1.67 bits per heavy atom. The summed E-state index contributed by atoms with van der Waals surface area (Å²) in [5, 5.41) is 8.50. The molecule has 0 radical (unpaired) electrons. The minimum Gasteiger partial charge on any atom is -0.481 e. The van der Waals surface area contributed by atoms with Gasteiger partial charge in [0.15, 0.2) is 0 Å². The third kappa shape index (κ3) is 16.6. The maximum absolute atomic E-state index is 10.8. The predicted octanol–water partition coefficient (Wildman–Crippen LogP) is 4.48. The highest BCUT2D eigenvalue weighted by atomic mass is 16.5. The van der Waals surface area contributed by atoms with E-state index in [1.54, 1.807) is 0 Å². The molecule has 0 amide bonds. The van der Waals surface area contributed by atoms with Gasteiger partial charge in [-0.2, -0.15) is 0 Å². The summed E-state index contributed by atoms with van der Waals surface area (Å²) in [4.78, 5) is 21.1. The molecule has 0 unspecified atom stereocenters. The molecule has 0 rings (SSSR count). The summed E-state index contributed by atoms with van der Waals surface area (Å²) in [6.07, 6.45) is 14.0. The number of esters is 1. The number of hydrogen-bond donors (Lipinski definition) is 1. The van der Waals surface area contributed by atoms with Crippen molar-refractivity contribution < 1.29 is 19.4 Å². The van der Waals surface area contributed by atoms with Crippen molar-refractivity contribution in [1.82, 2.24) is 0 Å². The second-order valence-corrected chi connectivity index (χ2v) is 5.40. The van der Waals surface area contributed by atoms with Crippen molar-refractivity contribution in [2.45, 2.75) is 77.0 Å². The van der Waals surface area contributed by atoms with E-state index in [0.717, 1.165) is 32.1 Å². The Kier molecular flexibility index (Phi) is 14.1. The molecule has 0 aromatic rings. The van der Waals surface area contributed by atoms with E-state index >= 15 is 0 Å². The highest BCUT2D eigenvalue weighted by Gasteiger charge is 1.97. The van der Waals surface area contributed by atoms with E-state index in [9.17, 15) is 9.59 Å². The molecule has 0 aliphatic heterocycles. The molecule has 0 bridgehead atoms. The largest absolute Gasteiger partial charge is 0.481 e. The topological polar surface area (TPSA) is 63.6 Å². The molecular weight excluding hydrogens is 268 g/mol. The second kappa shape index (κ2) is 15.1. The summed E-state index contributed by atoms with van der Waals surface area (Å²) in [6.45, 7) is 3.85. The maximum Gasteiger partial charge on any atom is 0.330 e. The van der Waals surface area contributed by atoms with Crippen molar-refractivity contribution >= 4 is 11.9 Å². The highest BCUT2D eigenvalue weighted by molar-refractivity contribution is 5.81. The monoisotopic (exact) mass is 298 g/mol. The lowest BCUT2D eigenvalue weighted by molar-refractivity contribution is -0.138. The highest BCUT2D eigenvalue weighted by Crippen LogP contribution is 2.12. The molecule has 0 heterocycles. The van der Waals surface area contributed by atoms with Gasteiger partial charge in [-0.3, -0.25) is 4.79 Å². The van der Waals surface area contributed by atoms with Crippen LogP contribution >= 0.6 is 0 Å². The van der Waals surface area contributed by atoms with Crippen LogP contribution in [0.3, 0.4) is 0 Å². The summed E-state index contributed by atoms with van der Waals surface area (Å²) in [7, 11) is 0. The van der Waals surface area contributed by atoms with Gasteiger partial charge in [-0.1, -0.05) is 64.4 Å². The van der Waals surface area contributed by atoms with E-state index in [2.05, 4.69) is 6.58 Å². The summed E-state index contributed by atoms with van der Waals surface area (Å²) in [5.74, 6) is -1.02. The molecule has 122 valence electrons. The minimum atomic E-state index is -0.686. The molecule has 1 N–H and O–H groups in total. The number of carboxylic acid groups (broad SMARTS) is 1. The van der Waals surface area contributed by atoms with Gasteiger partial charge in [-0.15, -0.1) is 0 Å². The average molecular weight is 298 g/mol. The van der Waals surface area contributed by atoms with Gasteiger partial charge in [-0.05, 0) is 12.8 Å². The molecule has 0 aliphatic carbocycles. The zero-order valence-electron chi connectivity index (χ0n) is 13.1. The first kappa shape index (κ1) is 19.7. The number of carboxylic acids is 1. The van der Waals surface area contributed by atoms with Crippen LogP contribution in [0.15, 0.2) is 12.7 Å². The lowest BCUT2D eigenvalue weighted by atomic mass is 10.1. The lowest BCUT2D eigenvalue weighted by Gasteiger charge is -2.03. The Labute approximate surface area is 128 Å². The minimum absolute atomic E-state index is 0.308. The van der Waals surface area contributed by atoms with Crippen LogP contribution in [0.25, 0.3) is 0 Å². The van der Waals surface area contributed by atoms with E-state index in [0.29, 0.717) is 13.0 Å². The fourth-order valence-electron chi connectivity index (χ4n) is 2.20. The van der Waals surface area contributed by atoms with E-state index in [-0.39, 0.29) is 5.97 Å². The van der Waals surface area contributed by atoms with Gasteiger partial charge in [0.1, 0.15) is 0 Å². The quantitative estimate of drug-likeness (QED) is 0.275. The third-order valence-electron chi connectivity index (χ3n) is 3.45. The number of carbonyl (C=O) groups is 2. The van der Waals surface area contributed by atoms with Crippen LogP contribution in [0.2, 0.25) is 0 Å². The molecule has 0 fully saturated rings. The van der Waals surface area contributed by atoms with Gasteiger partial charge in [0.2, 0.25) is 0 Å². The molecule has 4 heteroatoms. The van der Waals surface area contributed by atoms with Crippen molar-refractivity contribution in [3.05, 3.63) is 12.7 Å². The Balaban J connectivity index is 3.04. The standard InChI is InChI=1S/C17H30O4/c1-2-17(20)21-15-13-11-9-7-5-3-4-6-8-10-12-14-16(18)19/h2H,1,3-15H2,(H,18,19). The first-order valence-corrected chi connectivity index (χ1v) is 8.18. The second-order valence-electron chi connectivity index (χ2n) is 5.40. The van der Waals surface area contributed by atoms with E-state index in [4.69, 9.17) is 9.84 Å². The Bertz CT molecular complexity index is 287. The number of carbonyl (C=O) groups excluding carboxylic acids is 1. The fraction of sp³-hybridized carbons (Fsp3) is 0.765. The normalized spacial score (nSPS) is 10.3. The molecule has 0 saturated heterocycles. The molecule has 0 aliphatic rings. The van der Waals surface area contributed by atoms with Crippen LogP contribution in [-0.4, -0.2) is 23.7 Å². The SMILES string of the molecule is C=CC(=O)OCCCCCCCCCCCCCC(=O)O. The third-order valence-corrected chi connectivity index (χ3v) is 3.45. The first-order valence-electron chi connectivity index (χ1n) is 8.18. The van der Waals surface area contributed by atoms with Gasteiger partial charge in [0.05, 0.1) is 6.61 Å². The van der Waals surface area contributed by atoms with Crippen LogP contribution in [0.1, 0.15) is 77.0 Å². The van der Waals surface area contributed by atoms with Crippen molar-refractivity contribution in [3.63, 3.8) is 0 Å². The van der Waals surface area contributed by atoms with Crippen molar-refractivity contribution in [2.75, 3.05) is 6.61 Å². The van der Waals surface area contributed by atoms with Gasteiger partial charge >= 0.3 is 11.9 Å². The predicted molar refractivity (Wildman–Crippen MR) is 84.2 cm³/mol. The van der Waals surface area contributed by atoms with Gasteiger partial charge < -0.3 is 9.84 Å². The van der Waals surface area contributed by atoms with E-state index < -0.39 is 5.97 Å². The molecule has 21 heavy (non-hydrogen) atoms. The van der Waals surface area contributed by atoms with Crippen LogP contribution in [-0.2, 0) is 14.3 Å². The summed E-state index contributed by atoms with van der Waals surface area (Å²) in [5.41, 5.74) is 0. The Morgan fingerprint density at radius 2 is 1.24 bits per heavy atom. The summed E-state index contributed by atoms with van der Waals surface area (Å²) >= 11 is 0. The van der Waals surface area contributed by atoms with Gasteiger partial charge in [0, 0.05) is 12.5 Å². The van der Waals surface area contributed by atoms with E-state index in [1.165, 1.54) is 44.6 Å². The lowest BCUT2D eigenvalue weighted by Crippen LogP contribution is -2.01. The Hall–Kier alpha value is -1.32. The smallest absolute Gasteiger partial charge is 0.330 e. The molecule has 0 spiro atoms. The zero-order chi connectivity index (χ0) is 15.8. The number of unbranched alkanes of at least 4 members (excludes halogenated alkanes) is 10. The maximum atomic E-state index is 10.8. The number of ether oxygens (including phenoxy) is 1. The van der Waals surface area contributed by atoms with Crippen molar-refractivity contribution in [1.29, 1.82) is 0 Å². The number of hydrogen-bond acceptors (Lipinski definition) is 3. The van der Waals surface area contributed by atoms with Crippen LogP contribution in [0.4, 0.5) is 0 Å². The summed E-state index contributed by atoms with van der Waals surface area (Å²) in [6, 6.07) is 0. The number of rotatable bonds is 15. The van der Waals surface area contributed by atoms with Crippen LogP contribution in [0, 0.1) is 0 Å². The molecular formula is C17H30O4. The van der Waals surface area contributed by atoms with Gasteiger partial charge in [-0.25, -0.2) is 4.79 Å². The van der Waals surface area contributed by atoms with Crippen molar-refractivity contribution in [2.24, 2.45) is 0 Å². The zero-order valence-corrected chi connectivity index (χ0v) is 13.1. The molecule has 4 nitrogen and oxygen atoms in total. The molecule has 0 aromatic heterocycles. The molecule has 0 saturated carbocycles. The van der Waals surface area contributed by atoms with Crippen molar-refractivity contribution in [3.8, 4) is 0 Å². The number of aliphatic carboxylic acids is 1. The van der Waals surface area contributed by atoms with E-state index in [1.807, 2.05) is 0 Å². The van der Waals surface area contributed by atoms with Gasteiger partial charge in [0.25, 0.3) is 0 Å². The van der Waals surface area contributed by atoms with Crippen LogP contribution in [0.5, 0.6) is 0 Å². The fourth-order valence-corrected chi connectivity index (χ4v) is 2.20. The summed E-state index contributed by atoms with van der Waals surface area (Å²) < 4.78 is 4.90. The average Bonchev–Trinajstić information content (AvgIpc) is 2.46. The Morgan fingerprint density at radius 1 is 0.810 bits per heavy atom. The molecule has 0 atom stereocenters. The first-order chi connectivity index (χ1) is 10.2. The molecule has 0 aromatic carbocycles. The van der Waals surface area contributed by atoms with Crippen LogP contribution < -0.4 is 0 Å².